The molecule has 0 radical (unpaired) electrons. The van der Waals surface area contributed by atoms with Crippen molar-refractivity contribution in [2.45, 2.75) is 95.9 Å². The minimum Gasteiger partial charge on any atom is -0.497 e. The molecule has 0 bridgehead atoms. The Balaban J connectivity index is 3.32. The van der Waals surface area contributed by atoms with Gasteiger partial charge in [0.2, 0.25) is 8.32 Å². The Labute approximate surface area is 227 Å². The number of carbonyl (C=O) groups is 1. The van der Waals surface area contributed by atoms with Gasteiger partial charge < -0.3 is 23.5 Å². The molecule has 1 rings (SSSR count). The first-order valence-corrected chi connectivity index (χ1v) is 15.5. The summed E-state index contributed by atoms with van der Waals surface area (Å²) in [6, 6.07) is 7.80. The molecule has 1 aromatic carbocycles. The lowest BCUT2D eigenvalue weighted by Crippen LogP contribution is -2.54. The Morgan fingerprint density at radius 2 is 1.46 bits per heavy atom. The molecule has 0 saturated heterocycles. The zero-order chi connectivity index (χ0) is 28.2. The molecular formula is C30H51NO5Si. The van der Waals surface area contributed by atoms with Crippen molar-refractivity contribution in [2.24, 2.45) is 0 Å². The van der Waals surface area contributed by atoms with Crippen LogP contribution in [-0.4, -0.2) is 65.2 Å². The summed E-state index contributed by atoms with van der Waals surface area (Å²) >= 11 is 0. The molecule has 0 heterocycles. The third kappa shape index (κ3) is 9.39. The van der Waals surface area contributed by atoms with E-state index in [-0.39, 0.29) is 18.6 Å². The maximum atomic E-state index is 13.0. The molecule has 0 aliphatic carbocycles. The van der Waals surface area contributed by atoms with Crippen LogP contribution < -0.4 is 4.74 Å². The number of likely N-dealkylation sites (N-methyl/N-ethyl adjacent to an activating group) is 1. The van der Waals surface area contributed by atoms with Gasteiger partial charge in [0, 0.05) is 20.5 Å². The Morgan fingerprint density at radius 3 is 1.89 bits per heavy atom. The van der Waals surface area contributed by atoms with Crippen molar-refractivity contribution in [3.63, 3.8) is 0 Å². The lowest BCUT2D eigenvalue weighted by atomic mass is 10.1. The summed E-state index contributed by atoms with van der Waals surface area (Å²) in [6.45, 7) is 22.2. The van der Waals surface area contributed by atoms with E-state index in [1.54, 1.807) is 32.2 Å². The summed E-state index contributed by atoms with van der Waals surface area (Å²) in [5.74, 6) is 0.703. The quantitative estimate of drug-likeness (QED) is 0.154. The molecule has 0 N–H and O–H groups in total. The largest absolute Gasteiger partial charge is 0.497 e. The third-order valence-corrected chi connectivity index (χ3v) is 13.1. The van der Waals surface area contributed by atoms with Crippen molar-refractivity contribution in [1.82, 2.24) is 4.90 Å². The van der Waals surface area contributed by atoms with Crippen molar-refractivity contribution < 1.29 is 23.4 Å². The predicted molar refractivity (Wildman–Crippen MR) is 156 cm³/mol. The second-order valence-electron chi connectivity index (χ2n) is 10.8. The lowest BCUT2D eigenvalue weighted by molar-refractivity contribution is -0.155. The Hall–Kier alpha value is -1.93. The highest BCUT2D eigenvalue weighted by Gasteiger charge is 2.48. The fraction of sp³-hybridized carbons (Fsp3) is 0.633. The van der Waals surface area contributed by atoms with Crippen molar-refractivity contribution in [1.29, 1.82) is 0 Å². The van der Waals surface area contributed by atoms with E-state index in [1.807, 2.05) is 30.3 Å². The zero-order valence-corrected chi connectivity index (χ0v) is 25.7. The highest BCUT2D eigenvalue weighted by molar-refractivity contribution is 6.77. The van der Waals surface area contributed by atoms with Gasteiger partial charge >= 0.3 is 0 Å². The van der Waals surface area contributed by atoms with Crippen LogP contribution in [0.25, 0.3) is 0 Å². The molecule has 0 fully saturated rings. The van der Waals surface area contributed by atoms with Crippen LogP contribution in [-0.2, 0) is 25.3 Å². The van der Waals surface area contributed by atoms with Gasteiger partial charge in [0.05, 0.1) is 26.4 Å². The van der Waals surface area contributed by atoms with Gasteiger partial charge in [0.1, 0.15) is 18.0 Å². The van der Waals surface area contributed by atoms with Crippen LogP contribution in [0.3, 0.4) is 0 Å². The number of amides is 1. The average molecular weight is 534 g/mol. The summed E-state index contributed by atoms with van der Waals surface area (Å²) in [5, 5.41) is 0. The van der Waals surface area contributed by atoms with E-state index in [2.05, 4.69) is 54.7 Å². The topological polar surface area (TPSA) is 57.2 Å². The van der Waals surface area contributed by atoms with Gasteiger partial charge in [-0.3, -0.25) is 4.79 Å². The average Bonchev–Trinajstić information content (AvgIpc) is 2.84. The van der Waals surface area contributed by atoms with Crippen LogP contribution in [0.15, 0.2) is 49.6 Å². The van der Waals surface area contributed by atoms with Crippen molar-refractivity contribution >= 4 is 14.2 Å². The highest BCUT2D eigenvalue weighted by atomic mass is 28.4. The molecule has 0 unspecified atom stereocenters. The van der Waals surface area contributed by atoms with E-state index in [1.165, 1.54) is 0 Å². The van der Waals surface area contributed by atoms with E-state index in [0.717, 1.165) is 11.3 Å². The predicted octanol–water partition coefficient (Wildman–Crippen LogP) is 6.77. The molecule has 1 aromatic rings. The second kappa shape index (κ2) is 16.1. The number of nitrogens with zero attached hydrogens (tertiary/aromatic N) is 1. The molecule has 0 saturated carbocycles. The molecule has 0 aliphatic rings. The van der Waals surface area contributed by atoms with Gasteiger partial charge in [0.25, 0.3) is 5.91 Å². The second-order valence-corrected chi connectivity index (χ2v) is 16.2. The molecule has 6 nitrogen and oxygen atoms in total. The van der Waals surface area contributed by atoms with Crippen molar-refractivity contribution in [2.75, 3.05) is 27.8 Å². The van der Waals surface area contributed by atoms with Crippen LogP contribution in [0.4, 0.5) is 0 Å². The zero-order valence-electron chi connectivity index (χ0n) is 24.7. The summed E-state index contributed by atoms with van der Waals surface area (Å²) in [7, 11) is 2.89. The number of rotatable bonds is 18. The fourth-order valence-corrected chi connectivity index (χ4v) is 10.8. The fourth-order valence-electron chi connectivity index (χ4n) is 5.22. The van der Waals surface area contributed by atoms with Crippen LogP contribution in [0, 0.1) is 0 Å². The number of benzene rings is 1. The van der Waals surface area contributed by atoms with Crippen LogP contribution in [0.2, 0.25) is 16.6 Å². The first-order valence-electron chi connectivity index (χ1n) is 13.4. The molecular weight excluding hydrogens is 482 g/mol. The summed E-state index contributed by atoms with van der Waals surface area (Å²) in [6.07, 6.45) is 3.22. The van der Waals surface area contributed by atoms with Crippen LogP contribution in [0.5, 0.6) is 5.75 Å². The lowest BCUT2D eigenvalue weighted by Gasteiger charge is -2.46. The first kappa shape index (κ1) is 33.1. The Morgan fingerprint density at radius 1 is 0.919 bits per heavy atom. The molecule has 37 heavy (non-hydrogen) atoms. The minimum absolute atomic E-state index is 0.0995. The molecule has 0 aliphatic heterocycles. The monoisotopic (exact) mass is 533 g/mol. The van der Waals surface area contributed by atoms with Crippen LogP contribution in [0.1, 0.15) is 59.9 Å². The van der Waals surface area contributed by atoms with Gasteiger partial charge in [-0.2, -0.15) is 0 Å². The normalized spacial score (nSPS) is 14.5. The van der Waals surface area contributed by atoms with E-state index in [9.17, 15) is 4.79 Å². The number of ether oxygens (including phenoxy) is 3. The van der Waals surface area contributed by atoms with E-state index < -0.39 is 20.5 Å². The third-order valence-electron chi connectivity index (χ3n) is 7.02. The van der Waals surface area contributed by atoms with Crippen molar-refractivity contribution in [3.8, 4) is 5.75 Å². The molecule has 0 spiro atoms. The molecule has 210 valence electrons. The van der Waals surface area contributed by atoms with Gasteiger partial charge in [-0.1, -0.05) is 65.8 Å². The van der Waals surface area contributed by atoms with E-state index in [0.29, 0.717) is 36.1 Å². The van der Waals surface area contributed by atoms with Crippen molar-refractivity contribution in [3.05, 3.63) is 55.1 Å². The maximum absolute atomic E-state index is 13.0. The summed E-state index contributed by atoms with van der Waals surface area (Å²) < 4.78 is 25.1. The Bertz CT molecular complexity index is 800. The Kier molecular flexibility index (Phi) is 14.4. The molecule has 7 heteroatoms. The minimum atomic E-state index is -2.24. The molecule has 0 aromatic heterocycles. The number of methoxy groups -OCH3 is 1. The van der Waals surface area contributed by atoms with Gasteiger partial charge in [-0.15, -0.1) is 13.2 Å². The van der Waals surface area contributed by atoms with E-state index in [4.69, 9.17) is 18.6 Å². The van der Waals surface area contributed by atoms with Gasteiger partial charge in [-0.05, 0) is 40.7 Å². The standard InChI is InChI=1S/C30H51NO5Si/c1-12-14-27(36-37(22(3)4,23(5)6)24(7)8)29(35-28(15-13-2)30(32)31(9)10)21-34-20-25-16-18-26(33-11)19-17-25/h12-13,16-19,22-24,27-29H,1-2,14-15,20-21H2,3-11H3/t27-,28-,29-/m0/s1. The van der Waals surface area contributed by atoms with E-state index >= 15 is 0 Å². The number of hydrogen-bond donors (Lipinski definition) is 0. The summed E-state index contributed by atoms with van der Waals surface area (Å²) in [5.41, 5.74) is 2.26. The number of carbonyl (C=O) groups excluding carboxylic acids is 1. The SMILES string of the molecule is C=CC[C@H](O[C@@H](COCc1ccc(OC)cc1)[C@H](CC=C)O[Si](C(C)C)(C(C)C)C(C)C)C(=O)N(C)C. The molecule has 1 amide bonds. The highest BCUT2D eigenvalue weighted by Crippen LogP contribution is 2.44. The smallest absolute Gasteiger partial charge is 0.251 e. The number of hydrogen-bond acceptors (Lipinski definition) is 5. The summed E-state index contributed by atoms with van der Waals surface area (Å²) in [4.78, 5) is 14.5. The van der Waals surface area contributed by atoms with Gasteiger partial charge in [0.15, 0.2) is 0 Å². The van der Waals surface area contributed by atoms with Gasteiger partial charge in [-0.25, -0.2) is 0 Å². The maximum Gasteiger partial charge on any atom is 0.251 e. The molecule has 3 atom stereocenters. The first-order chi connectivity index (χ1) is 17.4. The van der Waals surface area contributed by atoms with Crippen LogP contribution >= 0.6 is 0 Å².